The lowest BCUT2D eigenvalue weighted by atomic mass is 10.2. The minimum atomic E-state index is -0.138. The molecule has 2 N–H and O–H groups in total. The Morgan fingerprint density at radius 1 is 1.25 bits per heavy atom. The number of hydrogen-bond acceptors (Lipinski definition) is 4. The van der Waals surface area contributed by atoms with Crippen molar-refractivity contribution in [1.29, 1.82) is 0 Å². The highest BCUT2D eigenvalue weighted by atomic mass is 35.5. The number of anilines is 2. The lowest BCUT2D eigenvalue weighted by Crippen LogP contribution is -2.43. The minimum Gasteiger partial charge on any atom is -0.484 e. The van der Waals surface area contributed by atoms with Gasteiger partial charge in [-0.15, -0.1) is 0 Å². The predicted molar refractivity (Wildman–Crippen MR) is 111 cm³/mol. The number of rotatable bonds is 7. The first-order chi connectivity index (χ1) is 13.5. The van der Waals surface area contributed by atoms with Crippen LogP contribution in [0.2, 0.25) is 5.02 Å². The molecule has 1 atom stereocenters. The second-order valence-corrected chi connectivity index (χ2v) is 7.21. The van der Waals surface area contributed by atoms with Gasteiger partial charge in [-0.25, -0.2) is 0 Å². The van der Waals surface area contributed by atoms with Gasteiger partial charge in [-0.05, 0) is 61.9 Å². The second-order valence-electron chi connectivity index (χ2n) is 6.77. The van der Waals surface area contributed by atoms with Gasteiger partial charge in [-0.2, -0.15) is 0 Å². The lowest BCUT2D eigenvalue weighted by molar-refractivity contribution is -0.120. The number of ether oxygens (including phenoxy) is 1. The van der Waals surface area contributed by atoms with Gasteiger partial charge in [0.2, 0.25) is 5.91 Å². The van der Waals surface area contributed by atoms with Crippen molar-refractivity contribution in [2.24, 2.45) is 0 Å². The topological polar surface area (TPSA) is 70.7 Å². The summed E-state index contributed by atoms with van der Waals surface area (Å²) >= 11 is 5.97. The highest BCUT2D eigenvalue weighted by molar-refractivity contribution is 6.30. The molecule has 0 aromatic heterocycles. The predicted octanol–water partition coefficient (Wildman–Crippen LogP) is 3.46. The Labute approximate surface area is 169 Å². The van der Waals surface area contributed by atoms with Gasteiger partial charge >= 0.3 is 0 Å². The molecule has 0 aliphatic carbocycles. The van der Waals surface area contributed by atoms with E-state index in [9.17, 15) is 9.59 Å². The molecule has 2 aromatic carbocycles. The molecule has 3 rings (SSSR count). The lowest BCUT2D eigenvalue weighted by Gasteiger charge is -2.26. The van der Waals surface area contributed by atoms with Crippen molar-refractivity contribution in [3.05, 3.63) is 53.6 Å². The zero-order valence-corrected chi connectivity index (χ0v) is 16.5. The molecule has 148 valence electrons. The van der Waals surface area contributed by atoms with Crippen molar-refractivity contribution in [3.8, 4) is 5.75 Å². The first-order valence-corrected chi connectivity index (χ1v) is 9.69. The molecule has 1 aliphatic heterocycles. The van der Waals surface area contributed by atoms with E-state index in [-0.39, 0.29) is 24.5 Å². The maximum atomic E-state index is 12.9. The molecule has 28 heavy (non-hydrogen) atoms. The average Bonchev–Trinajstić information content (AvgIpc) is 3.18. The van der Waals surface area contributed by atoms with Gasteiger partial charge in [0.25, 0.3) is 5.91 Å². The molecule has 0 spiro atoms. The largest absolute Gasteiger partial charge is 0.484 e. The summed E-state index contributed by atoms with van der Waals surface area (Å²) in [5.41, 5.74) is 1.46. The molecule has 7 heteroatoms. The van der Waals surface area contributed by atoms with E-state index in [4.69, 9.17) is 16.3 Å². The van der Waals surface area contributed by atoms with Crippen LogP contribution in [0.5, 0.6) is 5.75 Å². The Hall–Kier alpha value is -2.57. The summed E-state index contributed by atoms with van der Waals surface area (Å²) in [6, 6.07) is 14.5. The van der Waals surface area contributed by atoms with E-state index < -0.39 is 0 Å². The standard InChI is InChI=1S/C21H24ClN3O3/c1-15(26)24-17-7-9-19(10-8-17)25(13-18-5-3-11-23-18)21(27)14-28-20-6-2-4-16(22)12-20/h2,4,6-10,12,18,23H,3,5,11,13-14H2,1H3,(H,24,26)/t18-/m1/s1. The summed E-state index contributed by atoms with van der Waals surface area (Å²) < 4.78 is 5.64. The van der Waals surface area contributed by atoms with Crippen LogP contribution in [0.1, 0.15) is 19.8 Å². The smallest absolute Gasteiger partial charge is 0.264 e. The van der Waals surface area contributed by atoms with Crippen LogP contribution in [-0.2, 0) is 9.59 Å². The van der Waals surface area contributed by atoms with Crippen LogP contribution in [0.4, 0.5) is 11.4 Å². The SMILES string of the molecule is CC(=O)Nc1ccc(N(C[C@H]2CCCN2)C(=O)COc2cccc(Cl)c2)cc1. The van der Waals surface area contributed by atoms with Crippen LogP contribution < -0.4 is 20.3 Å². The maximum Gasteiger partial charge on any atom is 0.264 e. The molecule has 1 fully saturated rings. The van der Waals surface area contributed by atoms with Gasteiger partial charge in [-0.3, -0.25) is 9.59 Å². The molecule has 2 aromatic rings. The Kier molecular flexibility index (Phi) is 6.90. The van der Waals surface area contributed by atoms with Gasteiger partial charge in [0.15, 0.2) is 6.61 Å². The van der Waals surface area contributed by atoms with Crippen LogP contribution in [0, 0.1) is 0 Å². The van der Waals surface area contributed by atoms with Crippen LogP contribution in [0.15, 0.2) is 48.5 Å². The summed E-state index contributed by atoms with van der Waals surface area (Å²) in [6.45, 7) is 2.91. The maximum absolute atomic E-state index is 12.9. The number of carbonyl (C=O) groups is 2. The quantitative estimate of drug-likeness (QED) is 0.745. The van der Waals surface area contributed by atoms with Gasteiger partial charge in [0.05, 0.1) is 0 Å². The van der Waals surface area contributed by atoms with E-state index >= 15 is 0 Å². The summed E-state index contributed by atoms with van der Waals surface area (Å²) in [7, 11) is 0. The van der Waals surface area contributed by atoms with Crippen LogP contribution >= 0.6 is 11.6 Å². The Morgan fingerprint density at radius 2 is 2.04 bits per heavy atom. The normalized spacial score (nSPS) is 15.9. The molecule has 1 heterocycles. The fourth-order valence-electron chi connectivity index (χ4n) is 3.19. The fraction of sp³-hybridized carbons (Fsp3) is 0.333. The molecular weight excluding hydrogens is 378 g/mol. The zero-order valence-electron chi connectivity index (χ0n) is 15.8. The van der Waals surface area contributed by atoms with Gasteiger partial charge in [-0.1, -0.05) is 17.7 Å². The number of carbonyl (C=O) groups excluding carboxylic acids is 2. The molecule has 6 nitrogen and oxygen atoms in total. The zero-order chi connectivity index (χ0) is 19.9. The van der Waals surface area contributed by atoms with E-state index in [1.54, 1.807) is 41.3 Å². The van der Waals surface area contributed by atoms with E-state index in [1.165, 1.54) is 6.92 Å². The molecule has 0 unspecified atom stereocenters. The number of hydrogen-bond donors (Lipinski definition) is 2. The summed E-state index contributed by atoms with van der Waals surface area (Å²) in [6.07, 6.45) is 2.14. The molecule has 0 radical (unpaired) electrons. The van der Waals surface area contributed by atoms with Gasteiger partial charge in [0.1, 0.15) is 5.75 Å². The highest BCUT2D eigenvalue weighted by Gasteiger charge is 2.23. The Bertz CT molecular complexity index is 820. The van der Waals surface area contributed by atoms with Crippen LogP contribution in [0.25, 0.3) is 0 Å². The number of amides is 2. The van der Waals surface area contributed by atoms with Crippen LogP contribution in [0.3, 0.4) is 0 Å². The third kappa shape index (κ3) is 5.71. The minimum absolute atomic E-state index is 0.0828. The van der Waals surface area contributed by atoms with Gasteiger partial charge < -0.3 is 20.3 Å². The van der Waals surface area contributed by atoms with E-state index in [0.29, 0.717) is 23.0 Å². The number of halogens is 1. The molecule has 0 bridgehead atoms. The third-order valence-corrected chi connectivity index (χ3v) is 4.76. The average molecular weight is 402 g/mol. The van der Waals surface area contributed by atoms with E-state index in [2.05, 4.69) is 10.6 Å². The molecule has 1 saturated heterocycles. The third-order valence-electron chi connectivity index (χ3n) is 4.52. The molecular formula is C21H24ClN3O3. The van der Waals surface area contributed by atoms with E-state index in [1.807, 2.05) is 12.1 Å². The van der Waals surface area contributed by atoms with Crippen molar-refractivity contribution in [2.45, 2.75) is 25.8 Å². The second kappa shape index (κ2) is 9.57. The van der Waals surface area contributed by atoms with Crippen molar-refractivity contribution in [2.75, 3.05) is 29.9 Å². The number of nitrogens with zero attached hydrogens (tertiary/aromatic N) is 1. The fourth-order valence-corrected chi connectivity index (χ4v) is 3.37. The number of benzene rings is 2. The van der Waals surface area contributed by atoms with E-state index in [0.717, 1.165) is 25.1 Å². The van der Waals surface area contributed by atoms with Crippen molar-refractivity contribution in [1.82, 2.24) is 5.32 Å². The summed E-state index contributed by atoms with van der Waals surface area (Å²) in [5, 5.41) is 6.72. The molecule has 1 aliphatic rings. The highest BCUT2D eigenvalue weighted by Crippen LogP contribution is 2.21. The van der Waals surface area contributed by atoms with Crippen molar-refractivity contribution in [3.63, 3.8) is 0 Å². The summed E-state index contributed by atoms with van der Waals surface area (Å²) in [4.78, 5) is 25.9. The Balaban J connectivity index is 1.71. The van der Waals surface area contributed by atoms with Gasteiger partial charge in [0, 0.05) is 35.9 Å². The van der Waals surface area contributed by atoms with Crippen LogP contribution in [-0.4, -0.2) is 37.6 Å². The monoisotopic (exact) mass is 401 g/mol. The Morgan fingerprint density at radius 3 is 2.68 bits per heavy atom. The van der Waals surface area contributed by atoms with Crippen molar-refractivity contribution >= 4 is 34.8 Å². The molecule has 2 amide bonds. The van der Waals surface area contributed by atoms with Crippen molar-refractivity contribution < 1.29 is 14.3 Å². The number of nitrogens with one attached hydrogen (secondary N) is 2. The summed E-state index contributed by atoms with van der Waals surface area (Å²) in [5.74, 6) is 0.285. The molecule has 0 saturated carbocycles. The first kappa shape index (κ1) is 20.2. The first-order valence-electron chi connectivity index (χ1n) is 9.31.